The van der Waals surface area contributed by atoms with Crippen molar-refractivity contribution in [3.05, 3.63) is 145 Å². The third-order valence-electron chi connectivity index (χ3n) is 5.81. The van der Waals surface area contributed by atoms with Gasteiger partial charge in [-0.1, -0.05) is 0 Å². The van der Waals surface area contributed by atoms with Gasteiger partial charge in [0.05, 0.1) is 0 Å². The fourth-order valence-corrected chi connectivity index (χ4v) is 15.3. The zero-order valence-electron chi connectivity index (χ0n) is 16.2. The van der Waals surface area contributed by atoms with Gasteiger partial charge < -0.3 is 0 Å². The van der Waals surface area contributed by atoms with Gasteiger partial charge in [0.25, 0.3) is 0 Å². The molecule has 138 valence electrons. The van der Waals surface area contributed by atoms with Crippen molar-refractivity contribution in [1.82, 2.24) is 0 Å². The second kappa shape index (κ2) is 7.73. The van der Waals surface area contributed by atoms with Gasteiger partial charge in [-0.25, -0.2) is 0 Å². The molecule has 0 saturated heterocycles. The van der Waals surface area contributed by atoms with Crippen LogP contribution >= 0.6 is 0 Å². The predicted molar refractivity (Wildman–Crippen MR) is 127 cm³/mol. The van der Waals surface area contributed by atoms with Crippen LogP contribution in [0.2, 0.25) is 0 Å². The Balaban J connectivity index is 1.85. The molecule has 0 unspecified atom stereocenters. The van der Waals surface area contributed by atoms with Crippen molar-refractivity contribution in [3.8, 4) is 0 Å². The maximum absolute atomic E-state index is 3.12. The first kappa shape index (κ1) is 18.0. The molecule has 0 nitrogen and oxygen atoms in total. The van der Waals surface area contributed by atoms with E-state index in [1.165, 1.54) is 28.7 Å². The molecule has 0 amide bonds. The van der Waals surface area contributed by atoms with E-state index < -0.39 is 13.3 Å². The molecule has 0 aromatic heterocycles. The van der Waals surface area contributed by atoms with Gasteiger partial charge >= 0.3 is 175 Å². The Bertz CT molecular complexity index is 1060. The second-order valence-electron chi connectivity index (χ2n) is 7.37. The molecule has 0 aliphatic carbocycles. The predicted octanol–water partition coefficient (Wildman–Crippen LogP) is 5.51. The van der Waals surface area contributed by atoms with E-state index in [4.69, 9.17) is 0 Å². The molecule has 0 bridgehead atoms. The summed E-state index contributed by atoms with van der Waals surface area (Å²) < 4.78 is 5.95. The molecule has 0 atom stereocenters. The molecule has 1 heteroatoms. The van der Waals surface area contributed by atoms with Crippen LogP contribution in [0.3, 0.4) is 0 Å². The van der Waals surface area contributed by atoms with E-state index in [0.29, 0.717) is 0 Å². The Morgan fingerprint density at radius 2 is 0.655 bits per heavy atom. The summed E-state index contributed by atoms with van der Waals surface area (Å²) in [5.41, 5.74) is 2.67. The number of rotatable bonds is 4. The normalized spacial score (nSPS) is 14.9. The van der Waals surface area contributed by atoms with Crippen molar-refractivity contribution < 1.29 is 0 Å². The Morgan fingerprint density at radius 1 is 0.345 bits per heavy atom. The Labute approximate surface area is 175 Å². The fourth-order valence-electron chi connectivity index (χ4n) is 4.59. The molecule has 5 rings (SSSR count). The van der Waals surface area contributed by atoms with Gasteiger partial charge in [-0.15, -0.1) is 0 Å². The first-order chi connectivity index (χ1) is 14.4. The van der Waals surface area contributed by atoms with Crippen LogP contribution in [-0.2, 0) is 0 Å². The first-order valence-corrected chi connectivity index (χ1v) is 14.2. The summed E-state index contributed by atoms with van der Waals surface area (Å²) in [7, 11) is 0. The molecule has 1 aliphatic heterocycles. The Kier molecular flexibility index (Phi) is 4.79. The van der Waals surface area contributed by atoms with E-state index in [1.807, 2.05) is 0 Å². The van der Waals surface area contributed by atoms with Crippen LogP contribution < -0.4 is 8.79 Å². The van der Waals surface area contributed by atoms with Gasteiger partial charge in [0.1, 0.15) is 0 Å². The molecule has 0 spiro atoms. The van der Waals surface area contributed by atoms with Gasteiger partial charge in [0.2, 0.25) is 0 Å². The molecule has 4 aromatic rings. The molecule has 0 fully saturated rings. The quantitative estimate of drug-likeness (QED) is 0.374. The van der Waals surface area contributed by atoms with Crippen molar-refractivity contribution in [2.45, 2.75) is 0 Å². The van der Waals surface area contributed by atoms with Crippen molar-refractivity contribution in [2.24, 2.45) is 0 Å². The van der Waals surface area contributed by atoms with Crippen LogP contribution in [0.25, 0.3) is 8.81 Å². The third kappa shape index (κ3) is 3.01. The first-order valence-electron chi connectivity index (χ1n) is 10.1. The Morgan fingerprint density at radius 3 is 1.00 bits per heavy atom. The molecule has 0 saturated carbocycles. The van der Waals surface area contributed by atoms with Crippen LogP contribution in [0.5, 0.6) is 0 Å². The van der Waals surface area contributed by atoms with Crippen LogP contribution in [0.15, 0.2) is 133 Å². The summed E-state index contributed by atoms with van der Waals surface area (Å²) in [5, 5.41) is 0. The van der Waals surface area contributed by atoms with Crippen molar-refractivity contribution in [1.29, 1.82) is 0 Å². The monoisotopic (exact) mass is 432 g/mol. The molecule has 1 heterocycles. The maximum atomic E-state index is 2.39. The van der Waals surface area contributed by atoms with Crippen LogP contribution in [-0.4, -0.2) is 13.3 Å². The van der Waals surface area contributed by atoms with E-state index in [0.717, 1.165) is 0 Å². The fraction of sp³-hybridized carbons (Fsp3) is 0. The average Bonchev–Trinajstić information content (AvgIpc) is 3.23. The van der Waals surface area contributed by atoms with Crippen LogP contribution in [0.4, 0.5) is 0 Å². The van der Waals surface area contributed by atoms with Crippen molar-refractivity contribution in [3.63, 3.8) is 0 Å². The van der Waals surface area contributed by atoms with Gasteiger partial charge in [-0.2, -0.15) is 0 Å². The summed E-state index contributed by atoms with van der Waals surface area (Å²) in [5.74, 6) is 0. The Hall–Kier alpha value is -3.10. The number of hydrogen-bond donors (Lipinski definition) is 0. The standard InChI is InChI=1S/C28H22Ge/c1-5-13-23(14-6-1)27-21-22-28(24-15-7-2-8-16-24)29(27,25-17-9-3-10-18-25)26-19-11-4-12-20-26/h1-22H. The summed E-state index contributed by atoms with van der Waals surface area (Å²) in [4.78, 5) is 0. The summed E-state index contributed by atoms with van der Waals surface area (Å²) in [6, 6.07) is 44.2. The molecule has 0 N–H and O–H groups in total. The van der Waals surface area contributed by atoms with E-state index in [1.54, 1.807) is 0 Å². The van der Waals surface area contributed by atoms with Gasteiger partial charge in [0, 0.05) is 0 Å². The molecular formula is C28H22Ge. The average molecular weight is 431 g/mol. The van der Waals surface area contributed by atoms with Gasteiger partial charge in [0.15, 0.2) is 0 Å². The number of allylic oxidation sites excluding steroid dienone is 2. The molecular weight excluding hydrogens is 409 g/mol. The second-order valence-corrected chi connectivity index (χ2v) is 15.2. The summed E-state index contributed by atoms with van der Waals surface area (Å²) >= 11 is -3.12. The topological polar surface area (TPSA) is 0 Å². The third-order valence-corrected chi connectivity index (χ3v) is 16.1. The number of benzene rings is 4. The van der Waals surface area contributed by atoms with E-state index in [-0.39, 0.29) is 0 Å². The van der Waals surface area contributed by atoms with E-state index in [9.17, 15) is 0 Å². The molecule has 4 aromatic carbocycles. The minimum atomic E-state index is -3.12. The van der Waals surface area contributed by atoms with Gasteiger partial charge in [-0.3, -0.25) is 0 Å². The van der Waals surface area contributed by atoms with Crippen LogP contribution in [0, 0.1) is 0 Å². The summed E-state index contributed by atoms with van der Waals surface area (Å²) in [6.45, 7) is 0. The number of hydrogen-bond acceptors (Lipinski definition) is 0. The zero-order valence-corrected chi connectivity index (χ0v) is 18.3. The van der Waals surface area contributed by atoms with E-state index in [2.05, 4.69) is 133 Å². The van der Waals surface area contributed by atoms with Crippen molar-refractivity contribution in [2.75, 3.05) is 0 Å². The molecule has 0 radical (unpaired) electrons. The van der Waals surface area contributed by atoms with Crippen LogP contribution in [0.1, 0.15) is 11.1 Å². The SMILES string of the molecule is C1=[C](c2ccccc2)[Ge]([c]2ccccc2)([c]2ccccc2)[C](c2ccccc2)=C1. The molecule has 1 aliphatic rings. The zero-order chi connectivity index (χ0) is 19.5. The van der Waals surface area contributed by atoms with Crippen molar-refractivity contribution >= 4 is 30.9 Å². The minimum absolute atomic E-state index is 1.34. The van der Waals surface area contributed by atoms with Gasteiger partial charge in [-0.05, 0) is 0 Å². The molecule has 29 heavy (non-hydrogen) atoms. The van der Waals surface area contributed by atoms with E-state index >= 15 is 0 Å². The summed E-state index contributed by atoms with van der Waals surface area (Å²) in [6.07, 6.45) is 4.77.